The van der Waals surface area contributed by atoms with Gasteiger partial charge in [-0.15, -0.1) is 5.10 Å². The molecule has 2 aromatic carbocycles. The summed E-state index contributed by atoms with van der Waals surface area (Å²) in [6, 6.07) is 13.2. The second kappa shape index (κ2) is 7.54. The van der Waals surface area contributed by atoms with Crippen LogP contribution in [0, 0.1) is 3.57 Å². The number of anilines is 1. The summed E-state index contributed by atoms with van der Waals surface area (Å²) in [4.78, 5) is 12.5. The lowest BCUT2D eigenvalue weighted by atomic mass is 10.2. The zero-order valence-electron chi connectivity index (χ0n) is 13.6. The van der Waals surface area contributed by atoms with Crippen LogP contribution in [-0.2, 0) is 9.84 Å². The number of rotatable bonds is 5. The van der Waals surface area contributed by atoms with Crippen LogP contribution in [0.3, 0.4) is 0 Å². The van der Waals surface area contributed by atoms with E-state index in [9.17, 15) is 13.2 Å². The van der Waals surface area contributed by atoms with Crippen molar-refractivity contribution in [2.24, 2.45) is 0 Å². The number of hydrogen-bond donors (Lipinski definition) is 1. The van der Waals surface area contributed by atoms with E-state index in [1.807, 2.05) is 12.1 Å². The lowest BCUT2D eigenvalue weighted by Gasteiger charge is -2.03. The fourth-order valence-corrected chi connectivity index (χ4v) is 3.69. The first-order chi connectivity index (χ1) is 12.4. The quantitative estimate of drug-likeness (QED) is 0.559. The first-order valence-corrected chi connectivity index (χ1v) is 10.4. The number of sulfone groups is 1. The average Bonchev–Trinajstić information content (AvgIpc) is 3.10. The third-order valence-electron chi connectivity index (χ3n) is 3.60. The largest absolute Gasteiger partial charge is 0.403 e. The van der Waals surface area contributed by atoms with Crippen molar-refractivity contribution in [1.29, 1.82) is 0 Å². The molecule has 0 radical (unpaired) electrons. The molecule has 3 rings (SSSR count). The van der Waals surface area contributed by atoms with Gasteiger partial charge in [0.05, 0.1) is 16.2 Å². The zero-order chi connectivity index (χ0) is 18.7. The third kappa shape index (κ3) is 3.93. The minimum Gasteiger partial charge on any atom is -0.403 e. The molecule has 0 unspecified atom stereocenters. The third-order valence-corrected chi connectivity index (χ3v) is 6.30. The maximum absolute atomic E-state index is 12.3. The monoisotopic (exact) mass is 483 g/mol. The van der Waals surface area contributed by atoms with Gasteiger partial charge in [0.25, 0.3) is 5.91 Å². The van der Waals surface area contributed by atoms with Crippen LogP contribution in [-0.4, -0.2) is 30.3 Å². The number of amides is 1. The molecule has 3 aromatic rings. The number of nitrogens with one attached hydrogen (secondary N) is 1. The minimum absolute atomic E-state index is 0.0291. The molecule has 1 aromatic heterocycles. The van der Waals surface area contributed by atoms with Crippen molar-refractivity contribution in [3.05, 3.63) is 57.7 Å². The Morgan fingerprint density at radius 2 is 1.81 bits per heavy atom. The van der Waals surface area contributed by atoms with Gasteiger partial charge in [0.2, 0.25) is 5.89 Å². The summed E-state index contributed by atoms with van der Waals surface area (Å²) >= 11 is 2.07. The molecule has 7 nitrogen and oxygen atoms in total. The van der Waals surface area contributed by atoms with Gasteiger partial charge < -0.3 is 4.42 Å². The Bertz CT molecular complexity index is 1050. The molecule has 1 amide bonds. The van der Waals surface area contributed by atoms with E-state index in [4.69, 9.17) is 4.42 Å². The van der Waals surface area contributed by atoms with Gasteiger partial charge in [0.15, 0.2) is 9.84 Å². The van der Waals surface area contributed by atoms with Crippen LogP contribution in [0.4, 0.5) is 6.01 Å². The summed E-state index contributed by atoms with van der Waals surface area (Å²) in [5.74, 6) is -0.139. The number of nitrogens with zero attached hydrogens (tertiary/aromatic N) is 2. The van der Waals surface area contributed by atoms with Gasteiger partial charge in [-0.2, -0.15) is 0 Å². The molecule has 0 atom stereocenters. The number of hydrogen-bond acceptors (Lipinski definition) is 6. The Morgan fingerprint density at radius 1 is 1.12 bits per heavy atom. The summed E-state index contributed by atoms with van der Waals surface area (Å²) in [6.07, 6.45) is 0. The topological polar surface area (TPSA) is 102 Å². The molecule has 0 fully saturated rings. The summed E-state index contributed by atoms with van der Waals surface area (Å²) < 4.78 is 29.9. The van der Waals surface area contributed by atoms with Crippen LogP contribution in [0.1, 0.15) is 17.3 Å². The number of aromatic nitrogens is 2. The van der Waals surface area contributed by atoms with Gasteiger partial charge in [-0.25, -0.2) is 8.42 Å². The van der Waals surface area contributed by atoms with Crippen molar-refractivity contribution >= 4 is 44.3 Å². The zero-order valence-corrected chi connectivity index (χ0v) is 16.6. The van der Waals surface area contributed by atoms with Gasteiger partial charge >= 0.3 is 6.01 Å². The summed E-state index contributed by atoms with van der Waals surface area (Å²) in [5.41, 5.74) is 1.06. The summed E-state index contributed by atoms with van der Waals surface area (Å²) in [5, 5.41) is 10.2. The second-order valence-corrected chi connectivity index (χ2v) is 8.71. The smallest absolute Gasteiger partial charge is 0.322 e. The van der Waals surface area contributed by atoms with Gasteiger partial charge in [-0.1, -0.05) is 24.2 Å². The molecule has 9 heteroatoms. The number of halogens is 1. The highest BCUT2D eigenvalue weighted by atomic mass is 127. The maximum atomic E-state index is 12.3. The number of carbonyl (C=O) groups excluding carboxylic acids is 1. The molecule has 0 saturated heterocycles. The highest BCUT2D eigenvalue weighted by molar-refractivity contribution is 14.1. The molecule has 0 aliphatic heterocycles. The van der Waals surface area contributed by atoms with Crippen LogP contribution in [0.15, 0.2) is 57.8 Å². The van der Waals surface area contributed by atoms with Crippen molar-refractivity contribution in [1.82, 2.24) is 10.2 Å². The highest BCUT2D eigenvalue weighted by Gasteiger charge is 2.16. The lowest BCUT2D eigenvalue weighted by Crippen LogP contribution is -2.13. The first-order valence-electron chi connectivity index (χ1n) is 7.63. The van der Waals surface area contributed by atoms with Crippen LogP contribution < -0.4 is 5.32 Å². The van der Waals surface area contributed by atoms with Crippen molar-refractivity contribution in [3.8, 4) is 11.5 Å². The first kappa shape index (κ1) is 18.5. The molecular weight excluding hydrogens is 469 g/mol. The van der Waals surface area contributed by atoms with Gasteiger partial charge in [0, 0.05) is 9.13 Å². The molecule has 0 spiro atoms. The van der Waals surface area contributed by atoms with E-state index in [1.54, 1.807) is 31.2 Å². The molecular formula is C17H14IN3O4S. The highest BCUT2D eigenvalue weighted by Crippen LogP contribution is 2.22. The van der Waals surface area contributed by atoms with Gasteiger partial charge in [0.1, 0.15) is 0 Å². The molecule has 26 heavy (non-hydrogen) atoms. The Labute approximate surface area is 163 Å². The molecule has 1 heterocycles. The van der Waals surface area contributed by atoms with Crippen molar-refractivity contribution in [3.63, 3.8) is 0 Å². The normalized spacial score (nSPS) is 11.3. The second-order valence-electron chi connectivity index (χ2n) is 5.27. The van der Waals surface area contributed by atoms with E-state index < -0.39 is 9.84 Å². The predicted octanol–water partition coefficient (Wildman–Crippen LogP) is 3.39. The van der Waals surface area contributed by atoms with Crippen molar-refractivity contribution in [2.75, 3.05) is 11.1 Å². The average molecular weight is 483 g/mol. The Morgan fingerprint density at radius 3 is 2.46 bits per heavy atom. The van der Waals surface area contributed by atoms with E-state index >= 15 is 0 Å². The molecule has 1 N–H and O–H groups in total. The van der Waals surface area contributed by atoms with Crippen molar-refractivity contribution < 1.29 is 17.6 Å². The molecule has 0 bridgehead atoms. The van der Waals surface area contributed by atoms with E-state index in [0.717, 1.165) is 3.57 Å². The minimum atomic E-state index is -3.27. The fourth-order valence-electron chi connectivity index (χ4n) is 2.17. The van der Waals surface area contributed by atoms with E-state index in [0.29, 0.717) is 11.1 Å². The number of benzene rings is 2. The molecule has 134 valence electrons. The summed E-state index contributed by atoms with van der Waals surface area (Å²) in [6.45, 7) is 1.59. The van der Waals surface area contributed by atoms with Gasteiger partial charge in [-0.3, -0.25) is 10.1 Å². The summed E-state index contributed by atoms with van der Waals surface area (Å²) in [7, 11) is -3.27. The lowest BCUT2D eigenvalue weighted by molar-refractivity contribution is 0.102. The molecule has 0 saturated carbocycles. The predicted molar refractivity (Wildman–Crippen MR) is 105 cm³/mol. The Balaban J connectivity index is 1.78. The van der Waals surface area contributed by atoms with E-state index in [1.165, 1.54) is 12.1 Å². The van der Waals surface area contributed by atoms with Crippen LogP contribution >= 0.6 is 22.6 Å². The maximum Gasteiger partial charge on any atom is 0.322 e. The SMILES string of the molecule is CCS(=O)(=O)c1ccc(-c2nnc(NC(=O)c3ccccc3I)o2)cc1. The van der Waals surface area contributed by atoms with Crippen LogP contribution in [0.2, 0.25) is 0 Å². The molecule has 0 aliphatic carbocycles. The molecule has 0 aliphatic rings. The standard InChI is InChI=1S/C17H14IN3O4S/c1-2-26(23,24)12-9-7-11(8-10-12)16-20-21-17(25-16)19-15(22)13-5-3-4-6-14(13)18/h3-10H,2H2,1H3,(H,19,21,22). The number of carbonyl (C=O) groups is 1. The Kier molecular flexibility index (Phi) is 5.37. The van der Waals surface area contributed by atoms with Crippen LogP contribution in [0.25, 0.3) is 11.5 Å². The van der Waals surface area contributed by atoms with E-state index in [2.05, 4.69) is 38.1 Å². The fraction of sp³-hybridized carbons (Fsp3) is 0.118. The van der Waals surface area contributed by atoms with Crippen molar-refractivity contribution in [2.45, 2.75) is 11.8 Å². The Hall–Kier alpha value is -2.27. The van der Waals surface area contributed by atoms with Crippen LogP contribution in [0.5, 0.6) is 0 Å². The van der Waals surface area contributed by atoms with Gasteiger partial charge in [-0.05, 0) is 59.0 Å². The van der Waals surface area contributed by atoms with E-state index in [-0.39, 0.29) is 28.5 Å².